The number of aromatic nitrogens is 2. The summed E-state index contributed by atoms with van der Waals surface area (Å²) in [6.45, 7) is 6.30. The molecule has 1 fully saturated rings. The summed E-state index contributed by atoms with van der Waals surface area (Å²) in [5.74, 6) is 0.0296. The molecule has 0 radical (unpaired) electrons. The molecule has 2 aliphatic rings. The van der Waals surface area contributed by atoms with Crippen LogP contribution in [0, 0.1) is 0 Å². The molecule has 132 valence electrons. The van der Waals surface area contributed by atoms with Crippen molar-refractivity contribution in [2.24, 2.45) is 0 Å². The molecule has 0 unspecified atom stereocenters. The zero-order valence-electron chi connectivity index (χ0n) is 14.4. The van der Waals surface area contributed by atoms with E-state index in [4.69, 9.17) is 4.74 Å². The molecule has 1 aromatic carbocycles. The third-order valence-electron chi connectivity index (χ3n) is 4.85. The minimum Gasteiger partial charge on any atom is -0.380 e. The van der Waals surface area contributed by atoms with Crippen LogP contribution in [0.5, 0.6) is 0 Å². The number of carbonyl (C=O) groups excluding carboxylic acids is 1. The second-order valence-electron chi connectivity index (χ2n) is 6.70. The first-order valence-electron chi connectivity index (χ1n) is 8.99. The first-order chi connectivity index (χ1) is 12.3. The number of hydrogen-bond acceptors (Lipinski definition) is 4. The monoisotopic (exact) mass is 340 g/mol. The van der Waals surface area contributed by atoms with Gasteiger partial charge in [0.25, 0.3) is 5.91 Å². The fourth-order valence-electron chi connectivity index (χ4n) is 3.51. The van der Waals surface area contributed by atoms with E-state index in [-0.39, 0.29) is 5.91 Å². The minimum absolute atomic E-state index is 0.0296. The van der Waals surface area contributed by atoms with E-state index in [0.717, 1.165) is 51.4 Å². The lowest BCUT2D eigenvalue weighted by molar-refractivity contribution is 0.0734. The lowest BCUT2D eigenvalue weighted by atomic mass is 10.2. The summed E-state index contributed by atoms with van der Waals surface area (Å²) < 4.78 is 7.43. The van der Waals surface area contributed by atoms with E-state index >= 15 is 0 Å². The zero-order valence-corrected chi connectivity index (χ0v) is 14.4. The molecule has 3 heterocycles. The molecule has 6 heteroatoms. The summed E-state index contributed by atoms with van der Waals surface area (Å²) in [7, 11) is 0. The maximum atomic E-state index is 12.7. The van der Waals surface area contributed by atoms with Crippen LogP contribution in [0.15, 0.2) is 36.4 Å². The van der Waals surface area contributed by atoms with Crippen LogP contribution in [-0.4, -0.2) is 58.3 Å². The number of fused-ring (bicyclic) bond motifs is 1. The van der Waals surface area contributed by atoms with Gasteiger partial charge in [-0.05, 0) is 18.1 Å². The number of amides is 1. The third kappa shape index (κ3) is 3.75. The predicted octanol–water partition coefficient (Wildman–Crippen LogP) is 1.76. The summed E-state index contributed by atoms with van der Waals surface area (Å²) in [4.78, 5) is 17.0. The summed E-state index contributed by atoms with van der Waals surface area (Å²) in [5, 5.41) is 4.56. The Morgan fingerprint density at radius 2 is 1.96 bits per heavy atom. The van der Waals surface area contributed by atoms with Gasteiger partial charge >= 0.3 is 0 Å². The molecule has 2 aliphatic heterocycles. The van der Waals surface area contributed by atoms with E-state index in [9.17, 15) is 4.79 Å². The summed E-state index contributed by atoms with van der Waals surface area (Å²) in [6.07, 6.45) is 0.893. The molecule has 25 heavy (non-hydrogen) atoms. The van der Waals surface area contributed by atoms with Gasteiger partial charge in [0.05, 0.1) is 18.8 Å². The highest BCUT2D eigenvalue weighted by Crippen LogP contribution is 2.17. The largest absolute Gasteiger partial charge is 0.380 e. The van der Waals surface area contributed by atoms with Crippen LogP contribution in [0.2, 0.25) is 0 Å². The van der Waals surface area contributed by atoms with Gasteiger partial charge in [0.15, 0.2) is 5.69 Å². The van der Waals surface area contributed by atoms with Crippen LogP contribution in [0.1, 0.15) is 28.2 Å². The van der Waals surface area contributed by atoms with Gasteiger partial charge in [-0.15, -0.1) is 0 Å². The Labute approximate surface area is 148 Å². The van der Waals surface area contributed by atoms with Crippen molar-refractivity contribution in [2.45, 2.75) is 26.1 Å². The second-order valence-corrected chi connectivity index (χ2v) is 6.70. The number of carbonyl (C=O) groups is 1. The Morgan fingerprint density at radius 1 is 1.08 bits per heavy atom. The molecule has 6 nitrogen and oxygen atoms in total. The Kier molecular flexibility index (Phi) is 4.81. The van der Waals surface area contributed by atoms with Crippen molar-refractivity contribution in [3.05, 3.63) is 53.3 Å². The van der Waals surface area contributed by atoms with Gasteiger partial charge in [-0.1, -0.05) is 30.3 Å². The molecule has 2 aromatic rings. The van der Waals surface area contributed by atoms with Crippen LogP contribution < -0.4 is 0 Å². The van der Waals surface area contributed by atoms with Crippen LogP contribution >= 0.6 is 0 Å². The fourth-order valence-corrected chi connectivity index (χ4v) is 3.51. The number of rotatable bonds is 3. The molecule has 0 atom stereocenters. The van der Waals surface area contributed by atoms with Crippen LogP contribution in [-0.2, 0) is 24.4 Å². The van der Waals surface area contributed by atoms with Gasteiger partial charge in [-0.3, -0.25) is 14.4 Å². The van der Waals surface area contributed by atoms with Crippen molar-refractivity contribution in [1.82, 2.24) is 19.6 Å². The van der Waals surface area contributed by atoms with E-state index in [1.54, 1.807) is 0 Å². The standard InChI is InChI=1S/C19H24N4O2/c24-19(22-7-4-11-25-12-10-22)18-13-17-15-21(8-9-23(17)20-18)14-16-5-2-1-3-6-16/h1-3,5-6,13H,4,7-12,14-15H2. The van der Waals surface area contributed by atoms with Gasteiger partial charge in [0.2, 0.25) is 0 Å². The average molecular weight is 340 g/mol. The number of nitrogens with zero attached hydrogens (tertiary/aromatic N) is 4. The first-order valence-corrected chi connectivity index (χ1v) is 8.99. The summed E-state index contributed by atoms with van der Waals surface area (Å²) in [6, 6.07) is 12.5. The molecule has 4 rings (SSSR count). The van der Waals surface area contributed by atoms with E-state index in [1.165, 1.54) is 5.56 Å². The van der Waals surface area contributed by atoms with E-state index in [1.807, 2.05) is 21.7 Å². The Morgan fingerprint density at radius 3 is 2.84 bits per heavy atom. The number of benzene rings is 1. The van der Waals surface area contributed by atoms with Crippen molar-refractivity contribution in [3.63, 3.8) is 0 Å². The zero-order chi connectivity index (χ0) is 17.1. The van der Waals surface area contributed by atoms with E-state index in [0.29, 0.717) is 18.8 Å². The van der Waals surface area contributed by atoms with Crippen molar-refractivity contribution < 1.29 is 9.53 Å². The van der Waals surface area contributed by atoms with Gasteiger partial charge in [-0.2, -0.15) is 5.10 Å². The smallest absolute Gasteiger partial charge is 0.274 e. The highest BCUT2D eigenvalue weighted by molar-refractivity contribution is 5.92. The molecule has 1 saturated heterocycles. The van der Waals surface area contributed by atoms with Crippen LogP contribution in [0.25, 0.3) is 0 Å². The SMILES string of the molecule is O=C(c1cc2n(n1)CCN(Cc1ccccc1)C2)N1CCCOCC1. The van der Waals surface area contributed by atoms with Gasteiger partial charge in [-0.25, -0.2) is 0 Å². The van der Waals surface area contributed by atoms with Crippen molar-refractivity contribution >= 4 is 5.91 Å². The lowest BCUT2D eigenvalue weighted by Gasteiger charge is -2.27. The average Bonchev–Trinajstić information content (AvgIpc) is 2.87. The normalized spacial score (nSPS) is 18.6. The molecule has 1 amide bonds. The van der Waals surface area contributed by atoms with Crippen molar-refractivity contribution in [2.75, 3.05) is 32.8 Å². The molecule has 0 bridgehead atoms. The quantitative estimate of drug-likeness (QED) is 0.854. The first kappa shape index (κ1) is 16.3. The molecule has 0 spiro atoms. The number of hydrogen-bond donors (Lipinski definition) is 0. The third-order valence-corrected chi connectivity index (χ3v) is 4.85. The Bertz CT molecular complexity index is 720. The Hall–Kier alpha value is -2.18. The molecule has 0 N–H and O–H groups in total. The molecule has 0 aliphatic carbocycles. The van der Waals surface area contributed by atoms with E-state index in [2.05, 4.69) is 34.3 Å². The molecule has 0 saturated carbocycles. The topological polar surface area (TPSA) is 50.6 Å². The maximum absolute atomic E-state index is 12.7. The van der Waals surface area contributed by atoms with Gasteiger partial charge in [0.1, 0.15) is 0 Å². The van der Waals surface area contributed by atoms with Gasteiger partial charge in [0, 0.05) is 39.3 Å². The highest BCUT2D eigenvalue weighted by Gasteiger charge is 2.24. The van der Waals surface area contributed by atoms with E-state index < -0.39 is 0 Å². The maximum Gasteiger partial charge on any atom is 0.274 e. The second kappa shape index (κ2) is 7.37. The predicted molar refractivity (Wildman–Crippen MR) is 94.1 cm³/mol. The van der Waals surface area contributed by atoms with Crippen LogP contribution in [0.4, 0.5) is 0 Å². The summed E-state index contributed by atoms with van der Waals surface area (Å²) in [5.41, 5.74) is 3.01. The van der Waals surface area contributed by atoms with Crippen LogP contribution in [0.3, 0.4) is 0 Å². The fraction of sp³-hybridized carbons (Fsp3) is 0.474. The lowest BCUT2D eigenvalue weighted by Crippen LogP contribution is -2.34. The minimum atomic E-state index is 0.0296. The van der Waals surface area contributed by atoms with Crippen molar-refractivity contribution in [1.29, 1.82) is 0 Å². The van der Waals surface area contributed by atoms with Gasteiger partial charge < -0.3 is 9.64 Å². The molecular weight excluding hydrogens is 316 g/mol. The summed E-state index contributed by atoms with van der Waals surface area (Å²) >= 11 is 0. The Balaban J connectivity index is 1.44. The number of ether oxygens (including phenoxy) is 1. The highest BCUT2D eigenvalue weighted by atomic mass is 16.5. The van der Waals surface area contributed by atoms with Crippen molar-refractivity contribution in [3.8, 4) is 0 Å². The molecule has 1 aromatic heterocycles. The molecular formula is C19H24N4O2.